The van der Waals surface area contributed by atoms with Crippen LogP contribution in [0.3, 0.4) is 0 Å². The van der Waals surface area contributed by atoms with Gasteiger partial charge in [0.2, 0.25) is 0 Å². The van der Waals surface area contributed by atoms with Crippen molar-refractivity contribution in [3.8, 4) is 0 Å². The van der Waals surface area contributed by atoms with Crippen molar-refractivity contribution in [2.24, 2.45) is 5.92 Å². The normalized spacial score (nSPS) is 24.9. The molecule has 78 valence electrons. The maximum absolute atomic E-state index is 5.05. The zero-order valence-corrected chi connectivity index (χ0v) is 10.1. The molecule has 0 aromatic heterocycles. The molecule has 0 bridgehead atoms. The topological polar surface area (TPSA) is 12.5 Å². The van der Waals surface area contributed by atoms with Crippen LogP contribution in [-0.2, 0) is 4.74 Å². The van der Waals surface area contributed by atoms with Gasteiger partial charge in [0.1, 0.15) is 0 Å². The molecule has 0 spiro atoms. The molecule has 0 amide bonds. The molecule has 0 aliphatic carbocycles. The summed E-state index contributed by atoms with van der Waals surface area (Å²) in [5.41, 5.74) is 0. The predicted molar refractivity (Wildman–Crippen MR) is 59.5 cm³/mol. The number of alkyl halides is 1. The van der Waals surface area contributed by atoms with Crippen LogP contribution in [0, 0.1) is 5.92 Å². The van der Waals surface area contributed by atoms with E-state index in [0.29, 0.717) is 0 Å². The van der Waals surface area contributed by atoms with E-state index in [1.807, 2.05) is 0 Å². The molecule has 0 radical (unpaired) electrons. The minimum absolute atomic E-state index is 0.872. The van der Waals surface area contributed by atoms with E-state index in [-0.39, 0.29) is 0 Å². The Morgan fingerprint density at radius 2 is 2.38 bits per heavy atom. The van der Waals surface area contributed by atoms with Gasteiger partial charge in [0.15, 0.2) is 0 Å². The summed E-state index contributed by atoms with van der Waals surface area (Å²) in [4.78, 5) is 2.56. The Morgan fingerprint density at radius 3 is 3.08 bits per heavy atom. The summed E-state index contributed by atoms with van der Waals surface area (Å²) in [5, 5.41) is 1.16. The van der Waals surface area contributed by atoms with Crippen LogP contribution in [0.25, 0.3) is 0 Å². The lowest BCUT2D eigenvalue weighted by Crippen LogP contribution is -2.36. The average molecular weight is 250 g/mol. The van der Waals surface area contributed by atoms with Crippen molar-refractivity contribution in [3.63, 3.8) is 0 Å². The Labute approximate surface area is 89.8 Å². The van der Waals surface area contributed by atoms with Crippen LogP contribution in [0.2, 0.25) is 0 Å². The van der Waals surface area contributed by atoms with Gasteiger partial charge in [0.05, 0.1) is 0 Å². The van der Waals surface area contributed by atoms with Crippen molar-refractivity contribution in [2.75, 3.05) is 38.7 Å². The molecule has 2 nitrogen and oxygen atoms in total. The highest BCUT2D eigenvalue weighted by molar-refractivity contribution is 9.09. The maximum Gasteiger partial charge on any atom is 0.0474 e. The van der Waals surface area contributed by atoms with Gasteiger partial charge in [0, 0.05) is 32.1 Å². The van der Waals surface area contributed by atoms with Gasteiger partial charge < -0.3 is 9.64 Å². The van der Waals surface area contributed by atoms with Gasteiger partial charge >= 0.3 is 0 Å². The minimum Gasteiger partial charge on any atom is -0.385 e. The second-order valence-electron chi connectivity index (χ2n) is 3.81. The van der Waals surface area contributed by atoms with E-state index in [1.165, 1.54) is 38.9 Å². The van der Waals surface area contributed by atoms with Crippen LogP contribution in [0.5, 0.6) is 0 Å². The lowest BCUT2D eigenvalue weighted by Gasteiger charge is -2.31. The smallest absolute Gasteiger partial charge is 0.0474 e. The molecular formula is C10H20BrNO. The Balaban J connectivity index is 2.11. The summed E-state index contributed by atoms with van der Waals surface area (Å²) in [7, 11) is 1.78. The fourth-order valence-corrected chi connectivity index (χ4v) is 2.44. The van der Waals surface area contributed by atoms with Crippen LogP contribution in [-0.4, -0.2) is 43.6 Å². The molecule has 0 saturated carbocycles. The first kappa shape index (κ1) is 11.5. The standard InChI is InChI=1S/C10H20BrNO/c1-13-7-3-6-12-5-2-4-10(8-11)9-12/h10H,2-9H2,1H3. The van der Waals surface area contributed by atoms with Crippen molar-refractivity contribution in [2.45, 2.75) is 19.3 Å². The van der Waals surface area contributed by atoms with Crippen LogP contribution in [0.1, 0.15) is 19.3 Å². The summed E-state index contributed by atoms with van der Waals surface area (Å²) in [6.45, 7) is 4.66. The van der Waals surface area contributed by atoms with Gasteiger partial charge in [-0.3, -0.25) is 0 Å². The van der Waals surface area contributed by atoms with Gasteiger partial charge in [-0.05, 0) is 31.7 Å². The molecule has 13 heavy (non-hydrogen) atoms. The van der Waals surface area contributed by atoms with Crippen LogP contribution >= 0.6 is 15.9 Å². The first-order chi connectivity index (χ1) is 6.36. The third kappa shape index (κ3) is 4.43. The zero-order valence-electron chi connectivity index (χ0n) is 8.47. The number of rotatable bonds is 5. The molecule has 3 heteroatoms. The lowest BCUT2D eigenvalue weighted by atomic mass is 10.0. The first-order valence-electron chi connectivity index (χ1n) is 5.14. The third-order valence-electron chi connectivity index (χ3n) is 2.64. The van der Waals surface area contributed by atoms with Crippen LogP contribution < -0.4 is 0 Å². The van der Waals surface area contributed by atoms with Gasteiger partial charge in [-0.25, -0.2) is 0 Å². The summed E-state index contributed by atoms with van der Waals surface area (Å²) < 4.78 is 5.05. The number of hydrogen-bond acceptors (Lipinski definition) is 2. The molecule has 0 aromatic carbocycles. The van der Waals surface area contributed by atoms with E-state index in [9.17, 15) is 0 Å². The Morgan fingerprint density at radius 1 is 1.54 bits per heavy atom. The molecule has 1 heterocycles. The van der Waals surface area contributed by atoms with E-state index in [0.717, 1.165) is 17.9 Å². The third-order valence-corrected chi connectivity index (χ3v) is 3.56. The van der Waals surface area contributed by atoms with Crippen molar-refractivity contribution < 1.29 is 4.74 Å². The highest BCUT2D eigenvalue weighted by atomic mass is 79.9. The van der Waals surface area contributed by atoms with Gasteiger partial charge in [-0.1, -0.05) is 15.9 Å². The summed E-state index contributed by atoms with van der Waals surface area (Å²) >= 11 is 3.57. The first-order valence-corrected chi connectivity index (χ1v) is 6.26. The van der Waals surface area contributed by atoms with Gasteiger partial charge in [-0.2, -0.15) is 0 Å². The number of piperidine rings is 1. The van der Waals surface area contributed by atoms with Crippen molar-refractivity contribution in [3.05, 3.63) is 0 Å². The molecule has 0 aromatic rings. The predicted octanol–water partition coefficient (Wildman–Crippen LogP) is 2.13. The number of ether oxygens (including phenoxy) is 1. The van der Waals surface area contributed by atoms with Gasteiger partial charge in [-0.15, -0.1) is 0 Å². The van der Waals surface area contributed by atoms with Crippen molar-refractivity contribution in [1.29, 1.82) is 0 Å². The van der Waals surface area contributed by atoms with E-state index >= 15 is 0 Å². The van der Waals surface area contributed by atoms with Crippen LogP contribution in [0.4, 0.5) is 0 Å². The Kier molecular flexibility index (Phi) is 6.00. The van der Waals surface area contributed by atoms with Crippen LogP contribution in [0.15, 0.2) is 0 Å². The SMILES string of the molecule is COCCCN1CCCC(CBr)C1. The molecule has 1 unspecified atom stereocenters. The minimum atomic E-state index is 0.872. The molecular weight excluding hydrogens is 230 g/mol. The highest BCUT2D eigenvalue weighted by Crippen LogP contribution is 2.18. The molecule has 1 saturated heterocycles. The van der Waals surface area contributed by atoms with E-state index in [2.05, 4.69) is 20.8 Å². The second-order valence-corrected chi connectivity index (χ2v) is 4.46. The monoisotopic (exact) mass is 249 g/mol. The number of halogens is 1. The Hall–Kier alpha value is 0.400. The molecule has 0 N–H and O–H groups in total. The highest BCUT2D eigenvalue weighted by Gasteiger charge is 2.17. The fourth-order valence-electron chi connectivity index (χ4n) is 1.91. The van der Waals surface area contributed by atoms with E-state index < -0.39 is 0 Å². The summed E-state index contributed by atoms with van der Waals surface area (Å²) in [6.07, 6.45) is 3.93. The largest absolute Gasteiger partial charge is 0.385 e. The Bertz CT molecular complexity index is 132. The summed E-state index contributed by atoms with van der Waals surface area (Å²) in [5.74, 6) is 0.872. The number of likely N-dealkylation sites (tertiary alicyclic amines) is 1. The maximum atomic E-state index is 5.05. The number of hydrogen-bond donors (Lipinski definition) is 0. The molecule has 1 aliphatic heterocycles. The zero-order chi connectivity index (χ0) is 9.52. The number of nitrogens with zero attached hydrogens (tertiary/aromatic N) is 1. The van der Waals surface area contributed by atoms with Gasteiger partial charge in [0.25, 0.3) is 0 Å². The summed E-state index contributed by atoms with van der Waals surface area (Å²) in [6, 6.07) is 0. The molecule has 1 rings (SSSR count). The van der Waals surface area contributed by atoms with E-state index in [1.54, 1.807) is 7.11 Å². The average Bonchev–Trinajstić information content (AvgIpc) is 2.19. The lowest BCUT2D eigenvalue weighted by molar-refractivity contribution is 0.147. The number of methoxy groups -OCH3 is 1. The van der Waals surface area contributed by atoms with E-state index in [4.69, 9.17) is 4.74 Å². The molecule has 1 aliphatic rings. The fraction of sp³-hybridized carbons (Fsp3) is 1.00. The second kappa shape index (κ2) is 6.80. The van der Waals surface area contributed by atoms with Crippen molar-refractivity contribution >= 4 is 15.9 Å². The quantitative estimate of drug-likeness (QED) is 0.547. The molecule has 1 atom stereocenters. The van der Waals surface area contributed by atoms with Crippen molar-refractivity contribution in [1.82, 2.24) is 4.90 Å². The molecule has 1 fully saturated rings.